The molecular weight excluding hydrogens is 534 g/mol. The van der Waals surface area contributed by atoms with Crippen LogP contribution in [0.1, 0.15) is 5.56 Å². The van der Waals surface area contributed by atoms with Crippen LogP contribution in [0.3, 0.4) is 0 Å². The van der Waals surface area contributed by atoms with Crippen LogP contribution in [0.4, 0.5) is 11.4 Å². The van der Waals surface area contributed by atoms with Crippen molar-refractivity contribution in [1.82, 2.24) is 0 Å². The third-order valence-corrected chi connectivity index (χ3v) is 8.72. The summed E-state index contributed by atoms with van der Waals surface area (Å²) >= 11 is 8.59. The molecule has 1 spiro atoms. The van der Waals surface area contributed by atoms with Gasteiger partial charge >= 0.3 is 5.97 Å². The molecule has 1 fully saturated rings. The Kier molecular flexibility index (Phi) is 6.02. The van der Waals surface area contributed by atoms with E-state index in [2.05, 4.69) is 5.10 Å². The maximum Gasteiger partial charge on any atom is 0.365 e. The molecule has 37 heavy (non-hydrogen) atoms. The van der Waals surface area contributed by atoms with Crippen LogP contribution in [-0.4, -0.2) is 35.1 Å². The van der Waals surface area contributed by atoms with Crippen LogP contribution in [0.25, 0.3) is 6.08 Å². The lowest BCUT2D eigenvalue weighted by atomic mass is 10.2. The molecule has 6 rings (SSSR count). The lowest BCUT2D eigenvalue weighted by Crippen LogP contribution is -2.51. The SMILES string of the molecule is COC(=O)C1=NN(c2ccc(Cl)cc2)[C@]2(S1)S/C(=C\c1ccc3c(c1)OCO3)C(=O)N2c1ccccc1. The molecular formula is C26H18ClN3O5S2. The molecule has 0 radical (unpaired) electrons. The standard InChI is InChI=1S/C26H18ClN3O5S2/c1-33-25(32)23-28-30(19-10-8-17(27)9-11-19)26(37-23)29(18-5-3-2-4-6-18)24(31)22(36-26)14-16-7-12-20-21(13-16)35-15-34-20/h2-14H,15H2,1H3/b22-14-/t26-/m0/s1. The second kappa shape index (κ2) is 9.37. The first-order chi connectivity index (χ1) is 18.0. The number of hydrogen-bond donors (Lipinski definition) is 0. The molecule has 0 aromatic heterocycles. The van der Waals surface area contributed by atoms with Gasteiger partial charge in [-0.15, -0.1) is 0 Å². The summed E-state index contributed by atoms with van der Waals surface area (Å²) in [6, 6.07) is 21.8. The van der Waals surface area contributed by atoms with Gasteiger partial charge in [0, 0.05) is 10.7 Å². The second-order valence-corrected chi connectivity index (χ2v) is 11.1. The van der Waals surface area contributed by atoms with Gasteiger partial charge < -0.3 is 14.2 Å². The Hall–Kier alpha value is -3.60. The van der Waals surface area contributed by atoms with Crippen molar-refractivity contribution in [1.29, 1.82) is 0 Å². The number of ether oxygens (including phenoxy) is 3. The van der Waals surface area contributed by atoms with Crippen LogP contribution in [0.15, 0.2) is 82.8 Å². The maximum absolute atomic E-state index is 14.0. The van der Waals surface area contributed by atoms with Crippen LogP contribution in [-0.2, 0) is 14.3 Å². The molecule has 0 aliphatic carbocycles. The molecule has 186 valence electrons. The normalized spacial score (nSPS) is 21.2. The minimum atomic E-state index is -1.17. The number of fused-ring (bicyclic) bond motifs is 1. The monoisotopic (exact) mass is 551 g/mol. The van der Waals surface area contributed by atoms with E-state index < -0.39 is 10.3 Å². The molecule has 3 heterocycles. The fourth-order valence-electron chi connectivity index (χ4n) is 4.10. The summed E-state index contributed by atoms with van der Waals surface area (Å²) in [5.74, 6) is 0.455. The van der Waals surface area contributed by atoms with Gasteiger partial charge in [0.05, 0.1) is 17.7 Å². The second-order valence-electron chi connectivity index (χ2n) is 8.03. The molecule has 3 aromatic carbocycles. The van der Waals surface area contributed by atoms with E-state index in [0.29, 0.717) is 32.8 Å². The minimum Gasteiger partial charge on any atom is -0.464 e. The maximum atomic E-state index is 14.0. The van der Waals surface area contributed by atoms with Crippen molar-refractivity contribution in [3.63, 3.8) is 0 Å². The van der Waals surface area contributed by atoms with Gasteiger partial charge in [-0.1, -0.05) is 47.6 Å². The van der Waals surface area contributed by atoms with Gasteiger partial charge in [0.25, 0.3) is 5.91 Å². The number of benzene rings is 3. The van der Waals surface area contributed by atoms with Crippen LogP contribution >= 0.6 is 35.1 Å². The van der Waals surface area contributed by atoms with Crippen molar-refractivity contribution in [3.05, 3.63) is 88.3 Å². The Bertz CT molecular complexity index is 1460. The van der Waals surface area contributed by atoms with Crippen molar-refractivity contribution in [2.24, 2.45) is 5.10 Å². The molecule has 0 saturated carbocycles. The Morgan fingerprint density at radius 3 is 2.54 bits per heavy atom. The summed E-state index contributed by atoms with van der Waals surface area (Å²) in [7, 11) is 1.30. The largest absolute Gasteiger partial charge is 0.464 e. The van der Waals surface area contributed by atoms with E-state index in [1.54, 1.807) is 40.3 Å². The van der Waals surface area contributed by atoms with Gasteiger partial charge in [-0.2, -0.15) is 5.10 Å². The van der Waals surface area contributed by atoms with E-state index in [4.69, 9.17) is 25.8 Å². The van der Waals surface area contributed by atoms with E-state index in [1.165, 1.54) is 18.9 Å². The van der Waals surface area contributed by atoms with Gasteiger partial charge in [0.1, 0.15) is 0 Å². The third-order valence-electron chi connectivity index (χ3n) is 5.77. The zero-order valence-corrected chi connectivity index (χ0v) is 21.7. The van der Waals surface area contributed by atoms with Gasteiger partial charge in [-0.05, 0) is 71.9 Å². The van der Waals surface area contributed by atoms with Crippen LogP contribution in [0.5, 0.6) is 11.5 Å². The van der Waals surface area contributed by atoms with Crippen LogP contribution in [0, 0.1) is 0 Å². The first-order valence-corrected chi connectivity index (χ1v) is 13.1. The molecule has 1 atom stereocenters. The lowest BCUT2D eigenvalue weighted by molar-refractivity contribution is -0.132. The number of hydrogen-bond acceptors (Lipinski definition) is 9. The number of halogens is 1. The molecule has 1 saturated heterocycles. The van der Waals surface area contributed by atoms with Crippen molar-refractivity contribution in [2.45, 2.75) is 4.33 Å². The van der Waals surface area contributed by atoms with E-state index in [-0.39, 0.29) is 17.7 Å². The summed E-state index contributed by atoms with van der Waals surface area (Å²) < 4.78 is 14.7. The molecule has 3 aromatic rings. The Balaban J connectivity index is 1.49. The van der Waals surface area contributed by atoms with E-state index >= 15 is 0 Å². The highest BCUT2D eigenvalue weighted by atomic mass is 35.5. The molecule has 8 nitrogen and oxygen atoms in total. The topological polar surface area (TPSA) is 80.7 Å². The zero-order valence-electron chi connectivity index (χ0n) is 19.3. The van der Waals surface area contributed by atoms with Gasteiger partial charge in [0.15, 0.2) is 11.5 Å². The van der Waals surface area contributed by atoms with Crippen LogP contribution in [0.2, 0.25) is 5.02 Å². The minimum absolute atomic E-state index is 0.128. The number of esters is 1. The number of hydrazone groups is 1. The number of carbonyl (C=O) groups excluding carboxylic acids is 2. The highest BCUT2D eigenvalue weighted by Crippen LogP contribution is 2.59. The first kappa shape index (κ1) is 23.8. The van der Waals surface area contributed by atoms with Gasteiger partial charge in [-0.3, -0.25) is 9.69 Å². The molecule has 3 aliphatic heterocycles. The molecule has 11 heteroatoms. The number of anilines is 2. The summed E-state index contributed by atoms with van der Waals surface area (Å²) in [5.41, 5.74) is 2.09. The molecule has 0 N–H and O–H groups in total. The fourth-order valence-corrected chi connectivity index (χ4v) is 7.12. The van der Waals surface area contributed by atoms with E-state index in [0.717, 1.165) is 17.3 Å². The third kappa shape index (κ3) is 4.11. The van der Waals surface area contributed by atoms with E-state index in [1.807, 2.05) is 48.5 Å². The molecule has 0 bridgehead atoms. The number of para-hydroxylation sites is 1. The first-order valence-electron chi connectivity index (χ1n) is 11.1. The quantitative estimate of drug-likeness (QED) is 0.309. The van der Waals surface area contributed by atoms with Crippen molar-refractivity contribution >= 4 is 69.5 Å². The number of carbonyl (C=O) groups is 2. The number of thioether (sulfide) groups is 2. The summed E-state index contributed by atoms with van der Waals surface area (Å²) in [5, 5.41) is 6.96. The van der Waals surface area contributed by atoms with E-state index in [9.17, 15) is 9.59 Å². The van der Waals surface area contributed by atoms with Crippen molar-refractivity contribution in [3.8, 4) is 11.5 Å². The van der Waals surface area contributed by atoms with Crippen molar-refractivity contribution < 1.29 is 23.8 Å². The molecule has 3 aliphatic rings. The number of rotatable bonds is 4. The zero-order chi connectivity index (χ0) is 25.6. The lowest BCUT2D eigenvalue weighted by Gasteiger charge is -2.38. The summed E-state index contributed by atoms with van der Waals surface area (Å²) in [4.78, 5) is 28.8. The summed E-state index contributed by atoms with van der Waals surface area (Å²) in [6.45, 7) is 0.161. The number of methoxy groups -OCH3 is 1. The average Bonchev–Trinajstić information content (AvgIpc) is 3.61. The molecule has 0 unspecified atom stereocenters. The van der Waals surface area contributed by atoms with Gasteiger partial charge in [-0.25, -0.2) is 9.80 Å². The van der Waals surface area contributed by atoms with Gasteiger partial charge in [0.2, 0.25) is 16.2 Å². The Morgan fingerprint density at radius 1 is 1.03 bits per heavy atom. The Labute approximate surface area is 225 Å². The smallest absolute Gasteiger partial charge is 0.365 e. The highest BCUT2D eigenvalue weighted by Gasteiger charge is 2.60. The predicted octanol–water partition coefficient (Wildman–Crippen LogP) is 5.54. The fraction of sp³-hybridized carbons (Fsp3) is 0.115. The number of nitrogens with zero attached hydrogens (tertiary/aromatic N) is 3. The van der Waals surface area contributed by atoms with Crippen LogP contribution < -0.4 is 19.4 Å². The molecule has 1 amide bonds. The Morgan fingerprint density at radius 2 is 1.78 bits per heavy atom. The highest BCUT2D eigenvalue weighted by molar-refractivity contribution is 8.29. The summed E-state index contributed by atoms with van der Waals surface area (Å²) in [6.07, 6.45) is 1.80. The average molecular weight is 552 g/mol. The van der Waals surface area contributed by atoms with Crippen molar-refractivity contribution in [2.75, 3.05) is 23.8 Å². The predicted molar refractivity (Wildman–Crippen MR) is 146 cm³/mol. The number of amides is 1.